The first kappa shape index (κ1) is 23.9. The number of hydrogen-bond donors (Lipinski definition) is 0. The average molecular weight is 481 g/mol. The van der Waals surface area contributed by atoms with Crippen molar-refractivity contribution in [3.05, 3.63) is 64.1 Å². The van der Waals surface area contributed by atoms with Crippen LogP contribution in [0.25, 0.3) is 6.08 Å². The second kappa shape index (κ2) is 10.8. The highest BCUT2D eigenvalue weighted by Crippen LogP contribution is 2.35. The molecule has 4 rings (SSSR count). The fourth-order valence-electron chi connectivity index (χ4n) is 3.90. The minimum absolute atomic E-state index is 0.181. The molecule has 3 amide bonds. The number of piperidine rings is 1. The standard InChI is InChI=1S/C26H28N2O5S/c1-18-6-8-19(9-7-18)17-33-21-11-10-20(14-22(21)32-2)15-23-25(30)28(26(31)34-23)16-24(29)27-12-4-3-5-13-27/h6-11,14-15H,3-5,12-13,16-17H2,1-2H3/b23-15-. The molecule has 2 aliphatic rings. The van der Waals surface area contributed by atoms with Crippen molar-refractivity contribution in [2.75, 3.05) is 26.7 Å². The lowest BCUT2D eigenvalue weighted by Crippen LogP contribution is -2.44. The van der Waals surface area contributed by atoms with Gasteiger partial charge in [0.25, 0.3) is 11.1 Å². The van der Waals surface area contributed by atoms with E-state index in [1.54, 1.807) is 36.3 Å². The maximum atomic E-state index is 12.8. The monoisotopic (exact) mass is 480 g/mol. The third-order valence-corrected chi connectivity index (χ3v) is 6.78. The molecule has 2 aromatic carbocycles. The highest BCUT2D eigenvalue weighted by atomic mass is 32.2. The van der Waals surface area contributed by atoms with Gasteiger partial charge in [0.15, 0.2) is 11.5 Å². The number of methoxy groups -OCH3 is 1. The van der Waals surface area contributed by atoms with Gasteiger partial charge in [-0.25, -0.2) is 0 Å². The Morgan fingerprint density at radius 1 is 1.03 bits per heavy atom. The van der Waals surface area contributed by atoms with Crippen molar-refractivity contribution in [2.24, 2.45) is 0 Å². The minimum Gasteiger partial charge on any atom is -0.493 e. The first-order valence-electron chi connectivity index (χ1n) is 11.3. The molecular formula is C26H28N2O5S. The molecule has 2 heterocycles. The van der Waals surface area contributed by atoms with Crippen molar-refractivity contribution in [2.45, 2.75) is 32.8 Å². The summed E-state index contributed by atoms with van der Waals surface area (Å²) in [6, 6.07) is 13.4. The second-order valence-electron chi connectivity index (χ2n) is 8.39. The van der Waals surface area contributed by atoms with Gasteiger partial charge in [0.1, 0.15) is 13.2 Å². The van der Waals surface area contributed by atoms with Crippen LogP contribution in [-0.2, 0) is 16.2 Å². The Balaban J connectivity index is 1.43. The summed E-state index contributed by atoms with van der Waals surface area (Å²) in [5.74, 6) is 0.486. The average Bonchev–Trinajstić information content (AvgIpc) is 3.11. The molecule has 0 saturated carbocycles. The molecule has 2 saturated heterocycles. The Bertz CT molecular complexity index is 1110. The molecule has 34 heavy (non-hydrogen) atoms. The number of amides is 3. The van der Waals surface area contributed by atoms with Crippen molar-refractivity contribution >= 4 is 34.9 Å². The molecule has 0 aliphatic carbocycles. The Hall–Kier alpha value is -3.26. The van der Waals surface area contributed by atoms with Gasteiger partial charge in [-0.15, -0.1) is 0 Å². The molecule has 0 bridgehead atoms. The largest absolute Gasteiger partial charge is 0.493 e. The van der Waals surface area contributed by atoms with E-state index in [1.165, 1.54) is 5.56 Å². The van der Waals surface area contributed by atoms with E-state index in [-0.39, 0.29) is 17.4 Å². The minimum atomic E-state index is -0.445. The lowest BCUT2D eigenvalue weighted by molar-refractivity contribution is -0.136. The van der Waals surface area contributed by atoms with Gasteiger partial charge in [-0.1, -0.05) is 35.9 Å². The number of carbonyl (C=O) groups excluding carboxylic acids is 3. The summed E-state index contributed by atoms with van der Waals surface area (Å²) in [4.78, 5) is 40.8. The first-order chi connectivity index (χ1) is 16.4. The van der Waals surface area contributed by atoms with Crippen molar-refractivity contribution in [3.63, 3.8) is 0 Å². The lowest BCUT2D eigenvalue weighted by Gasteiger charge is -2.27. The maximum Gasteiger partial charge on any atom is 0.294 e. The Labute approximate surface area is 203 Å². The number of ether oxygens (including phenoxy) is 2. The van der Waals surface area contributed by atoms with Gasteiger partial charge in [0.2, 0.25) is 5.91 Å². The van der Waals surface area contributed by atoms with Gasteiger partial charge in [-0.2, -0.15) is 0 Å². The van der Waals surface area contributed by atoms with E-state index >= 15 is 0 Å². The van der Waals surface area contributed by atoms with Crippen LogP contribution in [0.15, 0.2) is 47.4 Å². The van der Waals surface area contributed by atoms with Crippen molar-refractivity contribution < 1.29 is 23.9 Å². The number of rotatable bonds is 7. The molecule has 2 fully saturated rings. The quantitative estimate of drug-likeness (QED) is 0.538. The predicted molar refractivity (Wildman–Crippen MR) is 132 cm³/mol. The molecular weight excluding hydrogens is 452 g/mol. The molecule has 0 aromatic heterocycles. The molecule has 0 N–H and O–H groups in total. The van der Waals surface area contributed by atoms with Crippen LogP contribution in [0.4, 0.5) is 4.79 Å². The fourth-order valence-corrected chi connectivity index (χ4v) is 4.74. The molecule has 178 valence electrons. The van der Waals surface area contributed by atoms with Crippen LogP contribution in [-0.4, -0.2) is 53.6 Å². The summed E-state index contributed by atoms with van der Waals surface area (Å²) < 4.78 is 11.4. The lowest BCUT2D eigenvalue weighted by atomic mass is 10.1. The van der Waals surface area contributed by atoms with Crippen molar-refractivity contribution in [3.8, 4) is 11.5 Å². The summed E-state index contributed by atoms with van der Waals surface area (Å²) in [5.41, 5.74) is 2.93. The van der Waals surface area contributed by atoms with Crippen LogP contribution in [0.1, 0.15) is 36.0 Å². The molecule has 8 heteroatoms. The molecule has 0 atom stereocenters. The Kier molecular flexibility index (Phi) is 7.57. The summed E-state index contributed by atoms with van der Waals surface area (Å²) in [5, 5.41) is -0.424. The van der Waals surface area contributed by atoms with E-state index in [9.17, 15) is 14.4 Å². The summed E-state index contributed by atoms with van der Waals surface area (Å²) in [6.45, 7) is 3.59. The highest BCUT2D eigenvalue weighted by Gasteiger charge is 2.37. The fraction of sp³-hybridized carbons (Fsp3) is 0.346. The number of likely N-dealkylation sites (tertiary alicyclic amines) is 1. The Morgan fingerprint density at radius 2 is 1.76 bits per heavy atom. The zero-order valence-electron chi connectivity index (χ0n) is 19.4. The van der Waals surface area contributed by atoms with E-state index in [4.69, 9.17) is 9.47 Å². The summed E-state index contributed by atoms with van der Waals surface area (Å²) >= 11 is 0.847. The summed E-state index contributed by atoms with van der Waals surface area (Å²) in [7, 11) is 1.55. The normalized spacial score (nSPS) is 17.4. The van der Waals surface area contributed by atoms with Crippen molar-refractivity contribution in [1.29, 1.82) is 0 Å². The van der Waals surface area contributed by atoms with E-state index in [2.05, 4.69) is 0 Å². The first-order valence-corrected chi connectivity index (χ1v) is 12.2. The van der Waals surface area contributed by atoms with Crippen molar-refractivity contribution in [1.82, 2.24) is 9.80 Å². The van der Waals surface area contributed by atoms with E-state index in [1.807, 2.05) is 31.2 Å². The number of nitrogens with zero attached hydrogens (tertiary/aromatic N) is 2. The summed E-state index contributed by atoms with van der Waals surface area (Å²) in [6.07, 6.45) is 4.66. The SMILES string of the molecule is COc1cc(/C=C2\SC(=O)N(CC(=O)N3CCCCC3)C2=O)ccc1OCc1ccc(C)cc1. The second-order valence-corrected chi connectivity index (χ2v) is 9.39. The zero-order chi connectivity index (χ0) is 24.1. The van der Waals surface area contributed by atoms with Gasteiger partial charge in [0, 0.05) is 13.1 Å². The molecule has 0 spiro atoms. The van der Waals surface area contributed by atoms with Gasteiger partial charge in [-0.05, 0) is 67.3 Å². The number of imide groups is 1. The molecule has 2 aromatic rings. The van der Waals surface area contributed by atoms with E-state index < -0.39 is 11.1 Å². The molecule has 7 nitrogen and oxygen atoms in total. The number of benzene rings is 2. The van der Waals surface area contributed by atoms with Gasteiger partial charge in [0.05, 0.1) is 12.0 Å². The third kappa shape index (κ3) is 5.62. The van der Waals surface area contributed by atoms with Crippen LogP contribution < -0.4 is 9.47 Å². The number of thioether (sulfide) groups is 1. The third-order valence-electron chi connectivity index (χ3n) is 5.88. The van der Waals surface area contributed by atoms with Crippen LogP contribution in [0, 0.1) is 6.92 Å². The van der Waals surface area contributed by atoms with Crippen LogP contribution >= 0.6 is 11.8 Å². The predicted octanol–water partition coefficient (Wildman–Crippen LogP) is 4.63. The van der Waals surface area contributed by atoms with Crippen LogP contribution in [0.3, 0.4) is 0 Å². The topological polar surface area (TPSA) is 76.2 Å². The van der Waals surface area contributed by atoms with Gasteiger partial charge in [-0.3, -0.25) is 19.3 Å². The number of hydrogen-bond acceptors (Lipinski definition) is 6. The van der Waals surface area contributed by atoms with E-state index in [0.29, 0.717) is 36.8 Å². The number of aryl methyl sites for hydroxylation is 1. The van der Waals surface area contributed by atoms with Gasteiger partial charge >= 0.3 is 0 Å². The molecule has 0 radical (unpaired) electrons. The smallest absolute Gasteiger partial charge is 0.294 e. The Morgan fingerprint density at radius 3 is 2.47 bits per heavy atom. The van der Waals surface area contributed by atoms with Crippen LogP contribution in [0.2, 0.25) is 0 Å². The highest BCUT2D eigenvalue weighted by molar-refractivity contribution is 8.18. The van der Waals surface area contributed by atoms with Crippen LogP contribution in [0.5, 0.6) is 11.5 Å². The van der Waals surface area contributed by atoms with E-state index in [0.717, 1.165) is 41.5 Å². The zero-order valence-corrected chi connectivity index (χ0v) is 20.2. The molecule has 0 unspecified atom stereocenters. The van der Waals surface area contributed by atoms with Gasteiger partial charge < -0.3 is 14.4 Å². The maximum absolute atomic E-state index is 12.8. The number of carbonyl (C=O) groups is 3. The molecule has 2 aliphatic heterocycles.